The highest BCUT2D eigenvalue weighted by Crippen LogP contribution is 2.28. The zero-order chi connectivity index (χ0) is 16.1. The van der Waals surface area contributed by atoms with Gasteiger partial charge in [0.05, 0.1) is 23.8 Å². The molecule has 0 amide bonds. The van der Waals surface area contributed by atoms with Gasteiger partial charge in [0.1, 0.15) is 0 Å². The van der Waals surface area contributed by atoms with Crippen LogP contribution in [0, 0.1) is 0 Å². The molecule has 0 fully saturated rings. The molecule has 0 atom stereocenters. The summed E-state index contributed by atoms with van der Waals surface area (Å²) in [6.45, 7) is 0. The molecule has 0 bridgehead atoms. The van der Waals surface area contributed by atoms with E-state index in [0.717, 1.165) is 22.6 Å². The van der Waals surface area contributed by atoms with E-state index in [9.17, 15) is 0 Å². The summed E-state index contributed by atoms with van der Waals surface area (Å²) in [6.07, 6.45) is 3.97. The van der Waals surface area contributed by atoms with Gasteiger partial charge in [0.25, 0.3) is 0 Å². The lowest BCUT2D eigenvalue weighted by atomic mass is 10.0. The standard InChI is InChI=1S/C21H20NO/c1-22(2)14-13-20-15-19(17-9-5-3-6-10-17)16-21(23-20)18-11-7-4-8-12-18/h3-16H,1-2H3/q+1/b14-13+. The van der Waals surface area contributed by atoms with Crippen LogP contribution in [0.1, 0.15) is 5.76 Å². The first-order chi connectivity index (χ1) is 11.2. The van der Waals surface area contributed by atoms with Gasteiger partial charge in [0.2, 0.25) is 0 Å². The maximum absolute atomic E-state index is 6.06. The molecule has 0 unspecified atom stereocenters. The summed E-state index contributed by atoms with van der Waals surface area (Å²) >= 11 is 0. The zero-order valence-corrected chi connectivity index (χ0v) is 13.4. The summed E-state index contributed by atoms with van der Waals surface area (Å²) in [5.74, 6) is 1.70. The van der Waals surface area contributed by atoms with Gasteiger partial charge in [0, 0.05) is 25.9 Å². The second kappa shape index (κ2) is 6.93. The quantitative estimate of drug-likeness (QED) is 0.597. The Morgan fingerprint density at radius 3 is 1.96 bits per heavy atom. The summed E-state index contributed by atoms with van der Waals surface area (Å²) in [6, 6.07) is 24.7. The predicted molar refractivity (Wildman–Crippen MR) is 96.7 cm³/mol. The number of benzene rings is 2. The second-order valence-corrected chi connectivity index (χ2v) is 5.62. The van der Waals surface area contributed by atoms with Crippen molar-refractivity contribution >= 4 is 6.08 Å². The Hall–Kier alpha value is -2.87. The van der Waals surface area contributed by atoms with Gasteiger partial charge in [0.15, 0.2) is 0 Å². The summed E-state index contributed by atoms with van der Waals surface area (Å²) in [4.78, 5) is 1.99. The van der Waals surface area contributed by atoms with Gasteiger partial charge in [-0.2, -0.15) is 0 Å². The molecule has 0 saturated carbocycles. The molecule has 0 N–H and O–H groups in total. The molecule has 0 aliphatic heterocycles. The van der Waals surface area contributed by atoms with E-state index < -0.39 is 0 Å². The van der Waals surface area contributed by atoms with Crippen LogP contribution in [-0.4, -0.2) is 19.0 Å². The van der Waals surface area contributed by atoms with Gasteiger partial charge in [-0.1, -0.05) is 48.5 Å². The van der Waals surface area contributed by atoms with Gasteiger partial charge in [-0.3, -0.25) is 0 Å². The normalized spacial score (nSPS) is 10.9. The Morgan fingerprint density at radius 2 is 1.35 bits per heavy atom. The van der Waals surface area contributed by atoms with Crippen LogP contribution >= 0.6 is 0 Å². The molecule has 0 saturated heterocycles. The van der Waals surface area contributed by atoms with Gasteiger partial charge >= 0.3 is 11.5 Å². The van der Waals surface area contributed by atoms with Crippen molar-refractivity contribution in [1.82, 2.24) is 4.90 Å². The lowest BCUT2D eigenvalue weighted by Crippen LogP contribution is -1.99. The van der Waals surface area contributed by atoms with Crippen LogP contribution in [0.15, 0.2) is 83.4 Å². The van der Waals surface area contributed by atoms with E-state index in [2.05, 4.69) is 48.5 Å². The van der Waals surface area contributed by atoms with Gasteiger partial charge in [-0.25, -0.2) is 4.42 Å². The molecule has 0 spiro atoms. The Kier molecular flexibility index (Phi) is 4.53. The highest BCUT2D eigenvalue weighted by Gasteiger charge is 2.17. The van der Waals surface area contributed by atoms with Crippen molar-refractivity contribution in [3.63, 3.8) is 0 Å². The minimum absolute atomic E-state index is 0.832. The van der Waals surface area contributed by atoms with E-state index in [4.69, 9.17) is 4.42 Å². The van der Waals surface area contributed by atoms with Crippen LogP contribution in [0.3, 0.4) is 0 Å². The molecule has 0 aliphatic carbocycles. The van der Waals surface area contributed by atoms with E-state index in [1.165, 1.54) is 5.56 Å². The smallest absolute Gasteiger partial charge is 0.361 e. The van der Waals surface area contributed by atoms with Crippen LogP contribution in [0.25, 0.3) is 28.5 Å². The van der Waals surface area contributed by atoms with Gasteiger partial charge in [-0.15, -0.1) is 0 Å². The van der Waals surface area contributed by atoms with Crippen LogP contribution in [-0.2, 0) is 0 Å². The van der Waals surface area contributed by atoms with E-state index in [0.29, 0.717) is 0 Å². The van der Waals surface area contributed by atoms with Crippen LogP contribution in [0.4, 0.5) is 0 Å². The zero-order valence-electron chi connectivity index (χ0n) is 13.4. The van der Waals surface area contributed by atoms with Crippen molar-refractivity contribution < 1.29 is 4.42 Å². The third-order valence-corrected chi connectivity index (χ3v) is 3.51. The fourth-order valence-corrected chi connectivity index (χ4v) is 2.37. The van der Waals surface area contributed by atoms with E-state index in [-0.39, 0.29) is 0 Å². The minimum Gasteiger partial charge on any atom is -0.383 e. The van der Waals surface area contributed by atoms with Crippen molar-refractivity contribution in [2.75, 3.05) is 14.1 Å². The first-order valence-corrected chi connectivity index (χ1v) is 7.66. The SMILES string of the molecule is CN(C)/C=C/c1cc(-c2ccccc2)cc(-c2ccccc2)[o+]1. The summed E-state index contributed by atoms with van der Waals surface area (Å²) in [5.41, 5.74) is 3.40. The van der Waals surface area contributed by atoms with Crippen molar-refractivity contribution in [2.24, 2.45) is 0 Å². The number of nitrogens with zero attached hydrogens (tertiary/aromatic N) is 1. The Bertz CT molecular complexity index is 735. The molecule has 0 radical (unpaired) electrons. The fourth-order valence-electron chi connectivity index (χ4n) is 2.37. The average Bonchev–Trinajstić information content (AvgIpc) is 2.61. The van der Waals surface area contributed by atoms with E-state index >= 15 is 0 Å². The fraction of sp³-hybridized carbons (Fsp3) is 0.0952. The molecule has 3 rings (SSSR count). The molecule has 2 nitrogen and oxygen atoms in total. The average molecular weight is 302 g/mol. The Balaban J connectivity index is 2.11. The van der Waals surface area contributed by atoms with Gasteiger partial charge < -0.3 is 4.90 Å². The Morgan fingerprint density at radius 1 is 0.739 bits per heavy atom. The molecule has 1 aromatic heterocycles. The summed E-state index contributed by atoms with van der Waals surface area (Å²) < 4.78 is 6.06. The second-order valence-electron chi connectivity index (χ2n) is 5.62. The molecule has 23 heavy (non-hydrogen) atoms. The molecule has 2 heteroatoms. The van der Waals surface area contributed by atoms with E-state index in [1.807, 2.05) is 55.5 Å². The van der Waals surface area contributed by atoms with Gasteiger partial charge in [-0.05, 0) is 17.7 Å². The van der Waals surface area contributed by atoms with Crippen molar-refractivity contribution in [3.05, 3.63) is 84.8 Å². The minimum atomic E-state index is 0.832. The third kappa shape index (κ3) is 3.86. The van der Waals surface area contributed by atoms with Crippen LogP contribution in [0.2, 0.25) is 0 Å². The summed E-state index contributed by atoms with van der Waals surface area (Å²) in [7, 11) is 3.99. The van der Waals surface area contributed by atoms with Crippen molar-refractivity contribution in [2.45, 2.75) is 0 Å². The topological polar surface area (TPSA) is 14.5 Å². The molecule has 1 heterocycles. The first kappa shape index (κ1) is 15.0. The highest BCUT2D eigenvalue weighted by molar-refractivity contribution is 5.71. The number of hydrogen-bond acceptors (Lipinski definition) is 1. The number of hydrogen-bond donors (Lipinski definition) is 0. The third-order valence-electron chi connectivity index (χ3n) is 3.51. The molecular formula is C21H20NO+. The molecule has 2 aromatic carbocycles. The van der Waals surface area contributed by atoms with E-state index in [1.54, 1.807) is 0 Å². The molecule has 114 valence electrons. The summed E-state index contributed by atoms with van der Waals surface area (Å²) in [5, 5.41) is 0. The Labute approximate surface area is 137 Å². The molecule has 3 aromatic rings. The van der Waals surface area contributed by atoms with Crippen LogP contribution < -0.4 is 0 Å². The number of rotatable bonds is 4. The lowest BCUT2D eigenvalue weighted by molar-refractivity contribution is 0.544. The highest BCUT2D eigenvalue weighted by atomic mass is 16.3. The first-order valence-electron chi connectivity index (χ1n) is 7.66. The maximum Gasteiger partial charge on any atom is 0.361 e. The molecule has 0 aliphatic rings. The van der Waals surface area contributed by atoms with Crippen molar-refractivity contribution in [3.8, 4) is 22.5 Å². The molecular weight excluding hydrogens is 282 g/mol. The van der Waals surface area contributed by atoms with Crippen LogP contribution in [0.5, 0.6) is 0 Å². The lowest BCUT2D eigenvalue weighted by Gasteiger charge is -2.02. The monoisotopic (exact) mass is 302 g/mol. The van der Waals surface area contributed by atoms with Crippen molar-refractivity contribution in [1.29, 1.82) is 0 Å². The maximum atomic E-state index is 6.06. The predicted octanol–water partition coefficient (Wildman–Crippen LogP) is 5.43. The largest absolute Gasteiger partial charge is 0.383 e.